The number of carbonyl (C=O) groups is 2. The zero-order valence-corrected chi connectivity index (χ0v) is 34.7. The van der Waals surface area contributed by atoms with Crippen LogP contribution in [0.2, 0.25) is 0 Å². The largest absolute Gasteiger partial charge is 0.462 e. The van der Waals surface area contributed by atoms with Gasteiger partial charge in [-0.3, -0.25) is 9.59 Å². The Balaban J connectivity index is 2.36. The van der Waals surface area contributed by atoms with Crippen molar-refractivity contribution < 1.29 is 49.0 Å². The van der Waals surface area contributed by atoms with Gasteiger partial charge in [-0.2, -0.15) is 0 Å². The maximum absolute atomic E-state index is 12.7. The Hall–Kier alpha value is -2.08. The topological polar surface area (TPSA) is 152 Å². The number of hydrogen-bond acceptors (Lipinski definition) is 10. The molecule has 0 aliphatic carbocycles. The van der Waals surface area contributed by atoms with Gasteiger partial charge in [0.05, 0.1) is 13.2 Å². The molecule has 1 rings (SSSR count). The highest BCUT2D eigenvalue weighted by molar-refractivity contribution is 5.70. The minimum absolute atomic E-state index is 0.217. The first-order valence-electron chi connectivity index (χ1n) is 22.1. The summed E-state index contributed by atoms with van der Waals surface area (Å²) in [5, 5.41) is 40.0. The molecule has 0 aromatic carbocycles. The van der Waals surface area contributed by atoms with Gasteiger partial charge in [0, 0.05) is 12.8 Å². The lowest BCUT2D eigenvalue weighted by atomic mass is 9.99. The van der Waals surface area contributed by atoms with Crippen molar-refractivity contribution in [1.82, 2.24) is 0 Å². The highest BCUT2D eigenvalue weighted by Gasteiger charge is 2.44. The lowest BCUT2D eigenvalue weighted by molar-refractivity contribution is -0.305. The molecule has 0 saturated carbocycles. The molecule has 1 fully saturated rings. The van der Waals surface area contributed by atoms with E-state index in [2.05, 4.69) is 50.3 Å². The van der Waals surface area contributed by atoms with Crippen molar-refractivity contribution in [2.75, 3.05) is 19.8 Å². The molecule has 1 saturated heterocycles. The predicted octanol–water partition coefficient (Wildman–Crippen LogP) is 9.11. The lowest BCUT2D eigenvalue weighted by Crippen LogP contribution is -2.59. The summed E-state index contributed by atoms with van der Waals surface area (Å²) in [6.07, 6.45) is 32.9. The summed E-state index contributed by atoms with van der Waals surface area (Å²) in [7, 11) is 0. The Morgan fingerprint density at radius 3 is 1.56 bits per heavy atom. The summed E-state index contributed by atoms with van der Waals surface area (Å²) in [4.78, 5) is 25.3. The van der Waals surface area contributed by atoms with E-state index in [-0.39, 0.29) is 26.1 Å². The normalized spacial score (nSPS) is 20.9. The smallest absolute Gasteiger partial charge is 0.306 e. The van der Waals surface area contributed by atoms with Crippen molar-refractivity contribution in [1.29, 1.82) is 0 Å². The third-order valence-electron chi connectivity index (χ3n) is 10.00. The van der Waals surface area contributed by atoms with Crippen LogP contribution >= 0.6 is 0 Å². The summed E-state index contributed by atoms with van der Waals surface area (Å²) in [5.41, 5.74) is 0. The molecule has 0 radical (unpaired) electrons. The molecule has 10 nitrogen and oxygen atoms in total. The molecule has 320 valence electrons. The zero-order valence-electron chi connectivity index (χ0n) is 34.7. The van der Waals surface area contributed by atoms with Crippen LogP contribution in [0.25, 0.3) is 0 Å². The van der Waals surface area contributed by atoms with Gasteiger partial charge < -0.3 is 39.4 Å². The van der Waals surface area contributed by atoms with Gasteiger partial charge in [0.2, 0.25) is 0 Å². The van der Waals surface area contributed by atoms with E-state index in [1.807, 2.05) is 0 Å². The molecule has 1 aliphatic heterocycles. The highest BCUT2D eigenvalue weighted by Crippen LogP contribution is 2.22. The molecule has 10 heteroatoms. The van der Waals surface area contributed by atoms with E-state index < -0.39 is 55.4 Å². The maximum atomic E-state index is 12.7. The van der Waals surface area contributed by atoms with E-state index in [1.165, 1.54) is 70.6 Å². The van der Waals surface area contributed by atoms with Gasteiger partial charge in [-0.1, -0.05) is 134 Å². The number of allylic oxidation sites excluding steroid dienone is 6. The van der Waals surface area contributed by atoms with Crippen molar-refractivity contribution >= 4 is 11.9 Å². The van der Waals surface area contributed by atoms with Crippen molar-refractivity contribution in [2.45, 2.75) is 218 Å². The Morgan fingerprint density at radius 2 is 1.02 bits per heavy atom. The van der Waals surface area contributed by atoms with E-state index in [0.717, 1.165) is 70.6 Å². The molecule has 1 heterocycles. The van der Waals surface area contributed by atoms with Gasteiger partial charge in [0.1, 0.15) is 31.0 Å². The van der Waals surface area contributed by atoms with Crippen LogP contribution in [-0.2, 0) is 28.5 Å². The molecule has 0 amide bonds. The second-order valence-electron chi connectivity index (χ2n) is 15.1. The van der Waals surface area contributed by atoms with Crippen molar-refractivity contribution in [3.05, 3.63) is 36.5 Å². The third kappa shape index (κ3) is 28.0. The van der Waals surface area contributed by atoms with Gasteiger partial charge in [0.25, 0.3) is 0 Å². The van der Waals surface area contributed by atoms with Crippen molar-refractivity contribution in [3.8, 4) is 0 Å². The minimum atomic E-state index is -1.60. The molecule has 0 spiro atoms. The number of esters is 2. The second-order valence-corrected chi connectivity index (χ2v) is 15.1. The average molecular weight is 781 g/mol. The highest BCUT2D eigenvalue weighted by atomic mass is 16.7. The van der Waals surface area contributed by atoms with Gasteiger partial charge in [-0.05, 0) is 70.6 Å². The molecule has 0 bridgehead atoms. The van der Waals surface area contributed by atoms with E-state index in [9.17, 15) is 30.0 Å². The van der Waals surface area contributed by atoms with Gasteiger partial charge >= 0.3 is 11.9 Å². The molecule has 55 heavy (non-hydrogen) atoms. The summed E-state index contributed by atoms with van der Waals surface area (Å²) in [6, 6.07) is 0. The van der Waals surface area contributed by atoms with Gasteiger partial charge in [-0.15, -0.1) is 0 Å². The van der Waals surface area contributed by atoms with E-state index in [4.69, 9.17) is 18.9 Å². The molecule has 0 aromatic heterocycles. The van der Waals surface area contributed by atoms with Crippen molar-refractivity contribution in [3.63, 3.8) is 0 Å². The standard InChI is InChI=1S/C45H80O10/c1-3-5-7-9-11-13-15-17-19-21-23-25-27-29-31-33-40(47)52-36-38(37-53-45-44(51)43(50)42(49)39(35-46)55-45)54-41(48)34-32-30-28-26-24-22-20-18-16-14-12-10-8-6-4-2/h11,13,17-20,38-39,42-46,49-51H,3-10,12,14-16,21-37H2,1-2H3/b13-11+,19-17+,20-18+/t38-,39-,42+,43?,44?,45-/m0/s1. The fourth-order valence-corrected chi connectivity index (χ4v) is 6.45. The molecule has 1 aliphatic rings. The lowest BCUT2D eigenvalue weighted by Gasteiger charge is -2.39. The van der Waals surface area contributed by atoms with E-state index in [0.29, 0.717) is 12.8 Å². The van der Waals surface area contributed by atoms with Crippen LogP contribution in [0.5, 0.6) is 0 Å². The van der Waals surface area contributed by atoms with Crippen LogP contribution in [0.15, 0.2) is 36.5 Å². The first kappa shape index (κ1) is 50.9. The maximum Gasteiger partial charge on any atom is 0.306 e. The van der Waals surface area contributed by atoms with E-state index in [1.54, 1.807) is 0 Å². The Morgan fingerprint density at radius 1 is 0.564 bits per heavy atom. The first-order chi connectivity index (χ1) is 26.8. The Bertz CT molecular complexity index is 996. The zero-order chi connectivity index (χ0) is 40.2. The van der Waals surface area contributed by atoms with Crippen LogP contribution in [0.3, 0.4) is 0 Å². The van der Waals surface area contributed by atoms with Crippen LogP contribution in [0.4, 0.5) is 0 Å². The van der Waals surface area contributed by atoms with Crippen LogP contribution < -0.4 is 0 Å². The molecule has 6 atom stereocenters. The number of aliphatic hydroxyl groups excluding tert-OH is 4. The Labute approximate surface area is 334 Å². The molecular formula is C45H80O10. The molecule has 0 aromatic rings. The fraction of sp³-hybridized carbons (Fsp3) is 0.822. The minimum Gasteiger partial charge on any atom is -0.462 e. The van der Waals surface area contributed by atoms with Gasteiger partial charge in [-0.25, -0.2) is 0 Å². The summed E-state index contributed by atoms with van der Waals surface area (Å²) >= 11 is 0. The van der Waals surface area contributed by atoms with Gasteiger partial charge in [0.15, 0.2) is 12.4 Å². The van der Waals surface area contributed by atoms with Crippen LogP contribution in [0.1, 0.15) is 181 Å². The third-order valence-corrected chi connectivity index (χ3v) is 10.00. The van der Waals surface area contributed by atoms with E-state index >= 15 is 0 Å². The molecular weight excluding hydrogens is 700 g/mol. The van der Waals surface area contributed by atoms with Crippen LogP contribution in [0, 0.1) is 0 Å². The fourth-order valence-electron chi connectivity index (χ4n) is 6.45. The number of carbonyl (C=O) groups excluding carboxylic acids is 2. The summed E-state index contributed by atoms with van der Waals surface area (Å²) < 4.78 is 22.1. The Kier molecular flexibility index (Phi) is 33.6. The number of rotatable bonds is 36. The average Bonchev–Trinajstić information content (AvgIpc) is 3.18. The first-order valence-corrected chi connectivity index (χ1v) is 22.1. The van der Waals surface area contributed by atoms with Crippen molar-refractivity contribution in [2.24, 2.45) is 0 Å². The monoisotopic (exact) mass is 781 g/mol. The predicted molar refractivity (Wildman–Crippen MR) is 219 cm³/mol. The SMILES string of the molecule is CCCCC/C=C/C/C=C/CCCCCCCC(=O)OC[C@@H](CO[C@H]1O[C@@H](CO)[C@@H](O)C(O)C1O)OC(=O)CCCCCCC/C=C/CCCCCCCC. The number of ether oxygens (including phenoxy) is 4. The van der Waals surface area contributed by atoms with Crippen LogP contribution in [-0.4, -0.2) is 89.0 Å². The quantitative estimate of drug-likeness (QED) is 0.0275. The summed E-state index contributed by atoms with van der Waals surface area (Å²) in [6.45, 7) is 3.36. The number of unbranched alkanes of at least 4 members (excludes halogenated alkanes) is 19. The second kappa shape index (κ2) is 36.3. The molecule has 2 unspecified atom stereocenters. The number of aliphatic hydroxyl groups is 4. The molecule has 4 N–H and O–H groups in total. The number of hydrogen-bond donors (Lipinski definition) is 4. The summed E-state index contributed by atoms with van der Waals surface area (Å²) in [5.74, 6) is -0.832.